The minimum atomic E-state index is 0.436. The predicted octanol–water partition coefficient (Wildman–Crippen LogP) is 4.70. The quantitative estimate of drug-likeness (QED) is 0.615. The Morgan fingerprint density at radius 1 is 1.24 bits per heavy atom. The fourth-order valence-corrected chi connectivity index (χ4v) is 5.20. The van der Waals surface area contributed by atoms with E-state index >= 15 is 0 Å². The maximum absolute atomic E-state index is 6.26. The third kappa shape index (κ3) is 3.23. The molecule has 1 aromatic carbocycles. The van der Waals surface area contributed by atoms with E-state index in [1.54, 1.807) is 0 Å². The van der Waals surface area contributed by atoms with Gasteiger partial charge in [0.25, 0.3) is 0 Å². The fourth-order valence-electron chi connectivity index (χ4n) is 2.89. The molecule has 6 heteroatoms. The third-order valence-corrected chi connectivity index (χ3v) is 7.35. The van der Waals surface area contributed by atoms with Gasteiger partial charge in [-0.1, -0.05) is 63.5 Å². The zero-order chi connectivity index (χ0) is 18.0. The SMILES string of the molecule is CC.CCC1Pc2c(-c3cnc4ccccc4c3)cnn2C(N)=C1Br. The van der Waals surface area contributed by atoms with E-state index in [9.17, 15) is 0 Å². The Morgan fingerprint density at radius 2 is 2.00 bits per heavy atom. The number of nitrogens with two attached hydrogens (primary N) is 1. The molecular weight excluding hydrogens is 395 g/mol. The zero-order valence-electron chi connectivity index (χ0n) is 14.6. The number of aromatic nitrogens is 3. The number of fused-ring (bicyclic) bond motifs is 2. The number of allylic oxidation sites excluding steroid dienone is 1. The predicted molar refractivity (Wildman–Crippen MR) is 113 cm³/mol. The average Bonchev–Trinajstić information content (AvgIpc) is 3.10. The Morgan fingerprint density at radius 3 is 2.76 bits per heavy atom. The van der Waals surface area contributed by atoms with Crippen molar-refractivity contribution in [2.75, 3.05) is 0 Å². The molecule has 25 heavy (non-hydrogen) atoms. The van der Waals surface area contributed by atoms with Crippen LogP contribution >= 0.6 is 24.5 Å². The number of benzene rings is 1. The summed E-state index contributed by atoms with van der Waals surface area (Å²) in [5, 5.41) is 5.64. The molecule has 0 amide bonds. The minimum Gasteiger partial charge on any atom is -0.383 e. The van der Waals surface area contributed by atoms with Crippen LogP contribution in [0.5, 0.6) is 0 Å². The van der Waals surface area contributed by atoms with Crippen LogP contribution in [0.4, 0.5) is 0 Å². The first-order valence-electron chi connectivity index (χ1n) is 8.54. The van der Waals surface area contributed by atoms with Crippen molar-refractivity contribution in [1.82, 2.24) is 14.8 Å². The lowest BCUT2D eigenvalue weighted by Gasteiger charge is -2.24. The first kappa shape index (κ1) is 18.1. The van der Waals surface area contributed by atoms with Gasteiger partial charge in [0.1, 0.15) is 5.82 Å². The molecule has 0 saturated carbocycles. The number of pyridine rings is 1. The van der Waals surface area contributed by atoms with Crippen LogP contribution < -0.4 is 11.2 Å². The van der Waals surface area contributed by atoms with Crippen molar-refractivity contribution < 1.29 is 0 Å². The van der Waals surface area contributed by atoms with Gasteiger partial charge in [-0.2, -0.15) is 5.10 Å². The van der Waals surface area contributed by atoms with Crippen molar-refractivity contribution >= 4 is 46.7 Å². The molecule has 0 radical (unpaired) electrons. The molecule has 3 heterocycles. The van der Waals surface area contributed by atoms with E-state index in [2.05, 4.69) is 45.1 Å². The summed E-state index contributed by atoms with van der Waals surface area (Å²) in [6, 6.07) is 10.3. The van der Waals surface area contributed by atoms with Crippen LogP contribution in [-0.2, 0) is 0 Å². The fraction of sp³-hybridized carbons (Fsp3) is 0.263. The Bertz CT molecular complexity index is 932. The molecule has 0 bridgehead atoms. The minimum absolute atomic E-state index is 0.436. The van der Waals surface area contributed by atoms with Gasteiger partial charge >= 0.3 is 0 Å². The van der Waals surface area contributed by atoms with Crippen LogP contribution in [0.25, 0.3) is 27.9 Å². The lowest BCUT2D eigenvalue weighted by atomic mass is 10.1. The molecule has 3 aromatic rings. The van der Waals surface area contributed by atoms with Crippen molar-refractivity contribution in [3.8, 4) is 11.1 Å². The van der Waals surface area contributed by atoms with E-state index in [0.717, 1.165) is 32.9 Å². The van der Waals surface area contributed by atoms with Crippen LogP contribution in [0.2, 0.25) is 0 Å². The van der Waals surface area contributed by atoms with Crippen molar-refractivity contribution in [2.45, 2.75) is 32.9 Å². The third-order valence-electron chi connectivity index (χ3n) is 4.17. The molecule has 4 nitrogen and oxygen atoms in total. The Labute approximate surface area is 158 Å². The molecule has 0 fully saturated rings. The van der Waals surface area contributed by atoms with Crippen LogP contribution in [0, 0.1) is 0 Å². The molecule has 2 aromatic heterocycles. The van der Waals surface area contributed by atoms with Gasteiger partial charge in [-0.3, -0.25) is 4.98 Å². The van der Waals surface area contributed by atoms with E-state index in [0.29, 0.717) is 20.1 Å². The van der Waals surface area contributed by atoms with E-state index < -0.39 is 0 Å². The summed E-state index contributed by atoms with van der Waals surface area (Å²) in [4.78, 5) is 4.57. The van der Waals surface area contributed by atoms with Gasteiger partial charge in [0, 0.05) is 32.9 Å². The average molecular weight is 417 g/mol. The molecule has 130 valence electrons. The molecule has 2 atom stereocenters. The highest BCUT2D eigenvalue weighted by Crippen LogP contribution is 2.40. The number of hydrogen-bond donors (Lipinski definition) is 1. The number of rotatable bonds is 2. The molecule has 0 spiro atoms. The largest absolute Gasteiger partial charge is 0.383 e. The highest BCUT2D eigenvalue weighted by atomic mass is 79.9. The Balaban J connectivity index is 0.000000880. The topological polar surface area (TPSA) is 56.7 Å². The van der Waals surface area contributed by atoms with E-state index in [4.69, 9.17) is 5.73 Å². The highest BCUT2D eigenvalue weighted by Gasteiger charge is 2.27. The molecule has 4 rings (SSSR count). The van der Waals surface area contributed by atoms with Crippen molar-refractivity contribution in [2.24, 2.45) is 5.73 Å². The molecular formula is C19H22BrN4P. The number of halogens is 1. The van der Waals surface area contributed by atoms with E-state index in [-0.39, 0.29) is 0 Å². The second kappa shape index (κ2) is 7.67. The van der Waals surface area contributed by atoms with Crippen LogP contribution in [0.1, 0.15) is 27.2 Å². The summed E-state index contributed by atoms with van der Waals surface area (Å²) in [5.41, 5.74) is 11.1. The number of para-hydroxylation sites is 1. The van der Waals surface area contributed by atoms with Gasteiger partial charge in [0.05, 0.1) is 17.1 Å². The standard InChI is InChI=1S/C17H16BrN4P.C2H6/c1-2-14-15(18)16(19)22-17(23-14)12(9-21-22)11-7-10-5-3-4-6-13(10)20-8-11;1-2/h3-9,14,23H,2,19H2,1H3;1-2H3. The first-order valence-corrected chi connectivity index (χ1v) is 10.4. The lowest BCUT2D eigenvalue weighted by molar-refractivity contribution is 0.870. The molecule has 0 aliphatic carbocycles. The van der Waals surface area contributed by atoms with Gasteiger partial charge in [0.2, 0.25) is 0 Å². The van der Waals surface area contributed by atoms with E-state index in [1.807, 2.05) is 49.1 Å². The van der Waals surface area contributed by atoms with Gasteiger partial charge in [-0.25, -0.2) is 4.68 Å². The number of hydrogen-bond acceptors (Lipinski definition) is 3. The van der Waals surface area contributed by atoms with Crippen molar-refractivity contribution in [3.05, 3.63) is 47.2 Å². The maximum atomic E-state index is 6.26. The monoisotopic (exact) mass is 416 g/mol. The van der Waals surface area contributed by atoms with Crippen molar-refractivity contribution in [1.29, 1.82) is 0 Å². The molecule has 2 unspecified atom stereocenters. The number of nitrogens with zero attached hydrogens (tertiary/aromatic N) is 3. The Kier molecular flexibility index (Phi) is 5.55. The second-order valence-electron chi connectivity index (χ2n) is 5.57. The van der Waals surface area contributed by atoms with Crippen LogP contribution in [-0.4, -0.2) is 20.4 Å². The van der Waals surface area contributed by atoms with Gasteiger partial charge < -0.3 is 5.73 Å². The van der Waals surface area contributed by atoms with Gasteiger partial charge in [0.15, 0.2) is 0 Å². The molecule has 0 saturated heterocycles. The Hall–Kier alpha value is -1.71. The normalized spacial score (nSPS) is 17.4. The van der Waals surface area contributed by atoms with Crippen LogP contribution in [0.15, 0.2) is 47.2 Å². The smallest absolute Gasteiger partial charge is 0.136 e. The molecule has 2 N–H and O–H groups in total. The van der Waals surface area contributed by atoms with Gasteiger partial charge in [-0.15, -0.1) is 0 Å². The molecule has 1 aliphatic heterocycles. The molecule has 1 aliphatic rings. The van der Waals surface area contributed by atoms with Crippen LogP contribution in [0.3, 0.4) is 0 Å². The van der Waals surface area contributed by atoms with Crippen molar-refractivity contribution in [3.63, 3.8) is 0 Å². The summed E-state index contributed by atoms with van der Waals surface area (Å²) in [5.74, 6) is 0.700. The summed E-state index contributed by atoms with van der Waals surface area (Å²) in [6.07, 6.45) is 4.88. The zero-order valence-corrected chi connectivity index (χ0v) is 17.2. The second-order valence-corrected chi connectivity index (χ2v) is 7.89. The highest BCUT2D eigenvalue weighted by molar-refractivity contribution is 9.12. The van der Waals surface area contributed by atoms with Gasteiger partial charge in [-0.05, 0) is 18.6 Å². The summed E-state index contributed by atoms with van der Waals surface area (Å²) < 4.78 is 2.93. The van der Waals surface area contributed by atoms with E-state index in [1.165, 1.54) is 5.44 Å². The summed E-state index contributed by atoms with van der Waals surface area (Å²) in [7, 11) is 0.644. The summed E-state index contributed by atoms with van der Waals surface area (Å²) in [6.45, 7) is 6.19. The lowest BCUT2D eigenvalue weighted by Crippen LogP contribution is -2.28. The first-order chi connectivity index (χ1) is 12.2. The maximum Gasteiger partial charge on any atom is 0.136 e. The summed E-state index contributed by atoms with van der Waals surface area (Å²) >= 11 is 3.64.